The van der Waals surface area contributed by atoms with E-state index in [1.165, 1.54) is 6.42 Å². The van der Waals surface area contributed by atoms with Gasteiger partial charge < -0.3 is 15.3 Å². The number of hydrogen-bond acceptors (Lipinski definition) is 4. The number of nitrogens with zero attached hydrogens (tertiary/aromatic N) is 2. The second kappa shape index (κ2) is 7.54. The summed E-state index contributed by atoms with van der Waals surface area (Å²) in [5.74, 6) is -1.17. The molecule has 1 heterocycles. The summed E-state index contributed by atoms with van der Waals surface area (Å²) in [7, 11) is 0. The number of nitrogens with one attached hydrogen (secondary N) is 1. The van der Waals surface area contributed by atoms with Gasteiger partial charge >= 0.3 is 0 Å². The molecule has 118 valence electrons. The lowest BCUT2D eigenvalue weighted by Crippen LogP contribution is -2.40. The molecule has 21 heavy (non-hydrogen) atoms. The Morgan fingerprint density at radius 2 is 2.00 bits per heavy atom. The first kappa shape index (κ1) is 15.9. The lowest BCUT2D eigenvalue weighted by molar-refractivity contribution is 0.288. The minimum Gasteiger partial charge on any atom is -0.395 e. The largest absolute Gasteiger partial charge is 0.395 e. The Balaban J connectivity index is 2.31. The van der Waals surface area contributed by atoms with Gasteiger partial charge in [-0.25, -0.2) is 13.8 Å². The fourth-order valence-electron chi connectivity index (χ4n) is 2.91. The van der Waals surface area contributed by atoms with Gasteiger partial charge in [0.15, 0.2) is 23.3 Å². The summed E-state index contributed by atoms with van der Waals surface area (Å²) in [6.45, 7) is 2.58. The predicted octanol–water partition coefficient (Wildman–Crippen LogP) is 2.92. The minimum atomic E-state index is -0.689. The number of aliphatic hydroxyl groups excluding tert-OH is 1. The Kier molecular flexibility index (Phi) is 5.73. The number of rotatable bonds is 6. The molecule has 6 heteroatoms. The van der Waals surface area contributed by atoms with Crippen LogP contribution in [0.4, 0.5) is 20.4 Å². The first-order valence-electron chi connectivity index (χ1n) is 7.64. The van der Waals surface area contributed by atoms with Crippen LogP contribution < -0.4 is 10.2 Å². The van der Waals surface area contributed by atoms with Crippen molar-refractivity contribution in [1.82, 2.24) is 4.98 Å². The molecule has 4 nitrogen and oxygen atoms in total. The summed E-state index contributed by atoms with van der Waals surface area (Å²) < 4.78 is 27.8. The van der Waals surface area contributed by atoms with Crippen LogP contribution in [0.2, 0.25) is 0 Å². The molecule has 0 unspecified atom stereocenters. The monoisotopic (exact) mass is 299 g/mol. The average molecular weight is 299 g/mol. The summed E-state index contributed by atoms with van der Waals surface area (Å²) in [4.78, 5) is 5.90. The van der Waals surface area contributed by atoms with Gasteiger partial charge in [0.25, 0.3) is 0 Å². The summed E-state index contributed by atoms with van der Waals surface area (Å²) in [5, 5.41) is 12.1. The smallest absolute Gasteiger partial charge is 0.168 e. The van der Waals surface area contributed by atoms with E-state index in [-0.39, 0.29) is 24.3 Å². The van der Waals surface area contributed by atoms with E-state index in [0.717, 1.165) is 31.7 Å². The lowest BCUT2D eigenvalue weighted by Gasteiger charge is -2.35. The van der Waals surface area contributed by atoms with Crippen LogP contribution in [0.25, 0.3) is 0 Å². The van der Waals surface area contributed by atoms with Crippen molar-refractivity contribution in [2.75, 3.05) is 29.9 Å². The van der Waals surface area contributed by atoms with Crippen molar-refractivity contribution in [3.63, 3.8) is 0 Å². The zero-order valence-electron chi connectivity index (χ0n) is 12.4. The van der Waals surface area contributed by atoms with E-state index in [2.05, 4.69) is 10.3 Å². The molecule has 2 N–H and O–H groups in total. The van der Waals surface area contributed by atoms with Gasteiger partial charge in [0.05, 0.1) is 6.61 Å². The molecule has 0 spiro atoms. The molecular weight excluding hydrogens is 276 g/mol. The highest BCUT2D eigenvalue weighted by Crippen LogP contribution is 2.29. The number of anilines is 2. The van der Waals surface area contributed by atoms with Crippen molar-refractivity contribution in [3.05, 3.63) is 17.7 Å². The lowest BCUT2D eigenvalue weighted by atomic mass is 9.94. The third-order valence-electron chi connectivity index (χ3n) is 3.88. The molecule has 0 saturated heterocycles. The molecule has 1 aromatic rings. The Hall–Kier alpha value is -1.43. The molecule has 2 rings (SSSR count). The van der Waals surface area contributed by atoms with Gasteiger partial charge in [0.1, 0.15) is 0 Å². The number of aliphatic hydroxyl groups is 1. The number of aromatic nitrogens is 1. The third kappa shape index (κ3) is 3.81. The molecule has 1 aliphatic rings. The van der Waals surface area contributed by atoms with Crippen LogP contribution in [0, 0.1) is 11.6 Å². The molecule has 0 aromatic carbocycles. The molecule has 0 amide bonds. The Labute approximate surface area is 124 Å². The molecule has 1 aromatic heterocycles. The summed E-state index contributed by atoms with van der Waals surface area (Å²) >= 11 is 0. The van der Waals surface area contributed by atoms with Crippen LogP contribution in [-0.4, -0.2) is 35.8 Å². The van der Waals surface area contributed by atoms with Gasteiger partial charge in [-0.1, -0.05) is 19.3 Å². The highest BCUT2D eigenvalue weighted by atomic mass is 19.1. The van der Waals surface area contributed by atoms with Crippen molar-refractivity contribution >= 4 is 11.6 Å². The second-order valence-corrected chi connectivity index (χ2v) is 5.36. The van der Waals surface area contributed by atoms with Crippen molar-refractivity contribution in [1.29, 1.82) is 0 Å². The first-order valence-corrected chi connectivity index (χ1v) is 7.64. The quantitative estimate of drug-likeness (QED) is 0.848. The highest BCUT2D eigenvalue weighted by Gasteiger charge is 2.25. The maximum absolute atomic E-state index is 14.1. The van der Waals surface area contributed by atoms with Gasteiger partial charge in [-0.05, 0) is 19.8 Å². The highest BCUT2D eigenvalue weighted by molar-refractivity contribution is 5.50. The topological polar surface area (TPSA) is 48.4 Å². The Morgan fingerprint density at radius 1 is 1.29 bits per heavy atom. The van der Waals surface area contributed by atoms with Crippen LogP contribution in [0.5, 0.6) is 0 Å². The molecule has 1 aliphatic carbocycles. The molecule has 1 saturated carbocycles. The van der Waals surface area contributed by atoms with Gasteiger partial charge in [0.2, 0.25) is 0 Å². The second-order valence-electron chi connectivity index (χ2n) is 5.36. The van der Waals surface area contributed by atoms with Gasteiger partial charge in [0, 0.05) is 25.2 Å². The standard InChI is InChI=1S/C15H23F2N3O/c1-2-18-14-12(16)10-13(17)15(19-14)20(8-9-21)11-6-4-3-5-7-11/h10-11,21H,2-9H2,1H3,(H,18,19). The normalized spacial score (nSPS) is 16.0. The number of hydrogen-bond donors (Lipinski definition) is 2. The van der Waals surface area contributed by atoms with Crippen LogP contribution in [0.15, 0.2) is 6.07 Å². The van der Waals surface area contributed by atoms with Crippen molar-refractivity contribution < 1.29 is 13.9 Å². The fourth-order valence-corrected chi connectivity index (χ4v) is 2.91. The van der Waals surface area contributed by atoms with E-state index in [1.807, 2.05) is 6.92 Å². The molecule has 0 aliphatic heterocycles. The molecular formula is C15H23F2N3O. The van der Waals surface area contributed by atoms with E-state index in [1.54, 1.807) is 4.90 Å². The van der Waals surface area contributed by atoms with Crippen molar-refractivity contribution in [3.8, 4) is 0 Å². The molecule has 0 bridgehead atoms. The summed E-state index contributed by atoms with van der Waals surface area (Å²) in [6.07, 6.45) is 5.28. The van der Waals surface area contributed by atoms with Gasteiger partial charge in [-0.2, -0.15) is 0 Å². The molecule has 1 fully saturated rings. The number of pyridine rings is 1. The molecule has 0 radical (unpaired) electrons. The maximum atomic E-state index is 14.1. The Morgan fingerprint density at radius 3 is 2.62 bits per heavy atom. The maximum Gasteiger partial charge on any atom is 0.168 e. The SMILES string of the molecule is CCNc1nc(N(CCO)C2CCCCC2)c(F)cc1F. The van der Waals surface area contributed by atoms with Gasteiger partial charge in [-0.3, -0.25) is 0 Å². The van der Waals surface area contributed by atoms with Crippen LogP contribution in [-0.2, 0) is 0 Å². The van der Waals surface area contributed by atoms with Crippen LogP contribution in [0.3, 0.4) is 0 Å². The summed E-state index contributed by atoms with van der Waals surface area (Å²) in [6, 6.07) is 1.03. The van der Waals surface area contributed by atoms with E-state index in [4.69, 9.17) is 0 Å². The van der Waals surface area contributed by atoms with Gasteiger partial charge in [-0.15, -0.1) is 0 Å². The van der Waals surface area contributed by atoms with E-state index in [9.17, 15) is 13.9 Å². The van der Waals surface area contributed by atoms with Crippen LogP contribution in [0.1, 0.15) is 39.0 Å². The zero-order valence-corrected chi connectivity index (χ0v) is 12.4. The minimum absolute atomic E-state index is 0.0626. The van der Waals surface area contributed by atoms with Crippen LogP contribution >= 0.6 is 0 Å². The van der Waals surface area contributed by atoms with E-state index >= 15 is 0 Å². The van der Waals surface area contributed by atoms with Crippen molar-refractivity contribution in [2.45, 2.75) is 45.1 Å². The Bertz CT molecular complexity index is 464. The predicted molar refractivity (Wildman–Crippen MR) is 79.6 cm³/mol. The zero-order chi connectivity index (χ0) is 15.2. The molecule has 0 atom stereocenters. The summed E-state index contributed by atoms with van der Waals surface area (Å²) in [5.41, 5.74) is 0. The third-order valence-corrected chi connectivity index (χ3v) is 3.88. The first-order chi connectivity index (χ1) is 10.2. The fraction of sp³-hybridized carbons (Fsp3) is 0.667. The van der Waals surface area contributed by atoms with E-state index < -0.39 is 11.6 Å². The number of halogens is 2. The van der Waals surface area contributed by atoms with E-state index in [0.29, 0.717) is 13.1 Å². The average Bonchev–Trinajstić information content (AvgIpc) is 2.49. The van der Waals surface area contributed by atoms with Crippen molar-refractivity contribution in [2.24, 2.45) is 0 Å².